The fraction of sp³-hybridized carbons (Fsp3) is 0.467. The molecular weight excluding hydrogens is 334 g/mol. The highest BCUT2D eigenvalue weighted by atomic mass is 79.9. The molecule has 1 N–H and O–H groups in total. The summed E-state index contributed by atoms with van der Waals surface area (Å²) >= 11 is 5.14. The van der Waals surface area contributed by atoms with Crippen molar-refractivity contribution in [2.24, 2.45) is 0 Å². The average molecular weight is 354 g/mol. The molecule has 2 heterocycles. The van der Waals surface area contributed by atoms with E-state index in [0.717, 1.165) is 39.7 Å². The van der Waals surface area contributed by atoms with Gasteiger partial charge in [0.2, 0.25) is 0 Å². The quantitative estimate of drug-likeness (QED) is 0.800. The SMILES string of the molecule is CCCNc1nc(-c2cc(Br)cs2)nc(C)c1C(C)C. The molecule has 0 aromatic carbocycles. The number of aromatic nitrogens is 2. The Morgan fingerprint density at radius 1 is 1.35 bits per heavy atom. The lowest BCUT2D eigenvalue weighted by Gasteiger charge is -2.16. The van der Waals surface area contributed by atoms with Crippen molar-refractivity contribution in [2.45, 2.75) is 40.0 Å². The molecule has 2 rings (SSSR count). The Morgan fingerprint density at radius 2 is 2.10 bits per heavy atom. The summed E-state index contributed by atoms with van der Waals surface area (Å²) in [5.74, 6) is 2.20. The van der Waals surface area contributed by atoms with E-state index in [4.69, 9.17) is 4.98 Å². The number of rotatable bonds is 5. The largest absolute Gasteiger partial charge is 0.370 e. The second-order valence-electron chi connectivity index (χ2n) is 5.11. The minimum absolute atomic E-state index is 0.415. The van der Waals surface area contributed by atoms with Crippen LogP contribution in [0, 0.1) is 6.92 Å². The number of aryl methyl sites for hydroxylation is 1. The van der Waals surface area contributed by atoms with Crippen molar-refractivity contribution in [3.63, 3.8) is 0 Å². The molecular formula is C15H20BrN3S. The Hall–Kier alpha value is -0.940. The monoisotopic (exact) mass is 353 g/mol. The minimum atomic E-state index is 0.415. The Morgan fingerprint density at radius 3 is 2.65 bits per heavy atom. The van der Waals surface area contributed by atoms with Crippen LogP contribution in [-0.2, 0) is 0 Å². The van der Waals surface area contributed by atoms with Gasteiger partial charge >= 0.3 is 0 Å². The number of thiophene rings is 1. The lowest BCUT2D eigenvalue weighted by atomic mass is 10.0. The summed E-state index contributed by atoms with van der Waals surface area (Å²) in [5.41, 5.74) is 2.28. The van der Waals surface area contributed by atoms with Crippen molar-refractivity contribution in [3.8, 4) is 10.7 Å². The van der Waals surface area contributed by atoms with Crippen LogP contribution in [0.2, 0.25) is 0 Å². The predicted molar refractivity (Wildman–Crippen MR) is 90.7 cm³/mol. The molecule has 2 aromatic heterocycles. The Bertz CT molecular complexity index is 593. The molecule has 3 nitrogen and oxygen atoms in total. The number of anilines is 1. The fourth-order valence-electron chi connectivity index (χ4n) is 2.19. The molecule has 0 amide bonds. The summed E-state index contributed by atoms with van der Waals surface area (Å²) < 4.78 is 1.08. The second-order valence-corrected chi connectivity index (χ2v) is 6.93. The van der Waals surface area contributed by atoms with Crippen LogP contribution >= 0.6 is 27.3 Å². The fourth-order valence-corrected chi connectivity index (χ4v) is 3.55. The van der Waals surface area contributed by atoms with Gasteiger partial charge in [0.1, 0.15) is 5.82 Å². The molecule has 0 aliphatic heterocycles. The van der Waals surface area contributed by atoms with Crippen LogP contribution in [-0.4, -0.2) is 16.5 Å². The van der Waals surface area contributed by atoms with Crippen LogP contribution < -0.4 is 5.32 Å². The molecule has 5 heteroatoms. The third-order valence-corrected chi connectivity index (χ3v) is 4.73. The first kappa shape index (κ1) is 15.4. The second kappa shape index (κ2) is 6.68. The number of nitrogens with one attached hydrogen (secondary N) is 1. The van der Waals surface area contributed by atoms with Crippen molar-refractivity contribution in [2.75, 3.05) is 11.9 Å². The van der Waals surface area contributed by atoms with Crippen LogP contribution in [0.3, 0.4) is 0 Å². The van der Waals surface area contributed by atoms with Crippen LogP contribution in [0.1, 0.15) is 44.4 Å². The van der Waals surface area contributed by atoms with Gasteiger partial charge in [0.05, 0.1) is 4.88 Å². The lowest BCUT2D eigenvalue weighted by molar-refractivity contribution is 0.827. The summed E-state index contributed by atoms with van der Waals surface area (Å²) in [5, 5.41) is 5.50. The van der Waals surface area contributed by atoms with E-state index in [1.54, 1.807) is 11.3 Å². The number of hydrogen-bond donors (Lipinski definition) is 1. The standard InChI is InChI=1S/C15H20BrN3S/c1-5-6-17-15-13(9(2)3)10(4)18-14(19-15)12-7-11(16)8-20-12/h7-9H,5-6H2,1-4H3,(H,17,18,19). The van der Waals surface area contributed by atoms with Crippen molar-refractivity contribution >= 4 is 33.1 Å². The maximum absolute atomic E-state index is 4.74. The van der Waals surface area contributed by atoms with Crippen LogP contribution in [0.15, 0.2) is 15.9 Å². The normalized spacial score (nSPS) is 11.1. The molecule has 0 saturated heterocycles. The summed E-state index contributed by atoms with van der Waals surface area (Å²) in [6.07, 6.45) is 1.08. The molecule has 0 bridgehead atoms. The molecule has 0 saturated carbocycles. The van der Waals surface area contributed by atoms with Crippen molar-refractivity contribution in [1.82, 2.24) is 9.97 Å². The third-order valence-electron chi connectivity index (χ3n) is 3.04. The number of nitrogens with zero attached hydrogens (tertiary/aromatic N) is 2. The zero-order valence-corrected chi connectivity index (χ0v) is 14.7. The van der Waals surface area contributed by atoms with E-state index in [-0.39, 0.29) is 0 Å². The topological polar surface area (TPSA) is 37.8 Å². The van der Waals surface area contributed by atoms with E-state index in [1.165, 1.54) is 5.56 Å². The van der Waals surface area contributed by atoms with E-state index >= 15 is 0 Å². The highest BCUT2D eigenvalue weighted by Gasteiger charge is 2.16. The molecule has 0 unspecified atom stereocenters. The van der Waals surface area contributed by atoms with Crippen molar-refractivity contribution in [1.29, 1.82) is 0 Å². The first-order valence-electron chi connectivity index (χ1n) is 6.89. The van der Waals surface area contributed by atoms with E-state index in [2.05, 4.69) is 65.4 Å². The average Bonchev–Trinajstić information content (AvgIpc) is 2.81. The molecule has 0 spiro atoms. The van der Waals surface area contributed by atoms with Gasteiger partial charge in [0, 0.05) is 27.7 Å². The molecule has 0 aliphatic carbocycles. The van der Waals surface area contributed by atoms with E-state index in [0.29, 0.717) is 5.92 Å². The highest BCUT2D eigenvalue weighted by molar-refractivity contribution is 9.10. The van der Waals surface area contributed by atoms with E-state index in [9.17, 15) is 0 Å². The maximum Gasteiger partial charge on any atom is 0.171 e. The third kappa shape index (κ3) is 3.38. The molecule has 20 heavy (non-hydrogen) atoms. The van der Waals surface area contributed by atoms with Gasteiger partial charge in [-0.1, -0.05) is 20.8 Å². The highest BCUT2D eigenvalue weighted by Crippen LogP contribution is 2.32. The van der Waals surface area contributed by atoms with Crippen LogP contribution in [0.5, 0.6) is 0 Å². The zero-order valence-electron chi connectivity index (χ0n) is 12.3. The van der Waals surface area contributed by atoms with Crippen molar-refractivity contribution < 1.29 is 0 Å². The first-order valence-corrected chi connectivity index (χ1v) is 8.57. The first-order chi connectivity index (χ1) is 9.52. The smallest absolute Gasteiger partial charge is 0.171 e. The van der Waals surface area contributed by atoms with Gasteiger partial charge in [0.25, 0.3) is 0 Å². The number of hydrogen-bond acceptors (Lipinski definition) is 4. The zero-order chi connectivity index (χ0) is 14.7. The maximum atomic E-state index is 4.74. The molecule has 0 atom stereocenters. The molecule has 108 valence electrons. The van der Waals surface area contributed by atoms with E-state index < -0.39 is 0 Å². The summed E-state index contributed by atoms with van der Waals surface area (Å²) in [4.78, 5) is 10.5. The van der Waals surface area contributed by atoms with E-state index in [1.807, 2.05) is 0 Å². The summed E-state index contributed by atoms with van der Waals surface area (Å²) in [7, 11) is 0. The summed E-state index contributed by atoms with van der Waals surface area (Å²) in [6.45, 7) is 9.53. The predicted octanol–water partition coefficient (Wildman–Crippen LogP) is 5.22. The Labute approximate surface area is 133 Å². The summed E-state index contributed by atoms with van der Waals surface area (Å²) in [6, 6.07) is 2.07. The van der Waals surface area contributed by atoms with Gasteiger partial charge < -0.3 is 5.32 Å². The minimum Gasteiger partial charge on any atom is -0.370 e. The molecule has 0 aliphatic rings. The Kier molecular flexibility index (Phi) is 5.16. The molecule has 2 aromatic rings. The van der Waals surface area contributed by atoms with Gasteiger partial charge in [-0.05, 0) is 41.3 Å². The van der Waals surface area contributed by atoms with Gasteiger partial charge in [-0.3, -0.25) is 0 Å². The van der Waals surface area contributed by atoms with Gasteiger partial charge in [-0.15, -0.1) is 11.3 Å². The lowest BCUT2D eigenvalue weighted by Crippen LogP contribution is -2.10. The van der Waals surface area contributed by atoms with Crippen molar-refractivity contribution in [3.05, 3.63) is 27.2 Å². The molecule has 0 fully saturated rings. The Balaban J connectivity index is 2.48. The number of halogens is 1. The van der Waals surface area contributed by atoms with Crippen LogP contribution in [0.25, 0.3) is 10.7 Å². The molecule has 0 radical (unpaired) electrons. The van der Waals surface area contributed by atoms with Crippen LogP contribution in [0.4, 0.5) is 5.82 Å². The van der Waals surface area contributed by atoms with Gasteiger partial charge in [-0.2, -0.15) is 0 Å². The van der Waals surface area contributed by atoms with Gasteiger partial charge in [-0.25, -0.2) is 9.97 Å². The van der Waals surface area contributed by atoms with Gasteiger partial charge in [0.15, 0.2) is 5.82 Å².